The number of methoxy groups -OCH3 is 1. The van der Waals surface area contributed by atoms with Gasteiger partial charge in [0.05, 0.1) is 12.8 Å². The van der Waals surface area contributed by atoms with Gasteiger partial charge in [0.15, 0.2) is 17.2 Å². The molecule has 0 saturated carbocycles. The van der Waals surface area contributed by atoms with E-state index in [1.165, 1.54) is 5.56 Å². The number of ketones is 1. The molecule has 4 rings (SSSR count). The predicted molar refractivity (Wildman–Crippen MR) is 94.8 cm³/mol. The van der Waals surface area contributed by atoms with Crippen molar-refractivity contribution in [2.24, 2.45) is 0 Å². The maximum atomic E-state index is 12.0. The Morgan fingerprint density at radius 2 is 1.67 bits per heavy atom. The number of rotatable bonds is 1. The van der Waals surface area contributed by atoms with Crippen LogP contribution in [0.4, 0.5) is 5.69 Å². The van der Waals surface area contributed by atoms with Crippen LogP contribution in [-0.2, 0) is 17.6 Å². The second-order valence-corrected chi connectivity index (χ2v) is 6.21. The maximum Gasteiger partial charge on any atom is 0.169 e. The van der Waals surface area contributed by atoms with Gasteiger partial charge in [0.25, 0.3) is 0 Å². The number of anilines is 1. The lowest BCUT2D eigenvalue weighted by molar-refractivity contribution is -0.119. The summed E-state index contributed by atoms with van der Waals surface area (Å²) in [5, 5.41) is 0. The first-order valence-electron chi connectivity index (χ1n) is 8.40. The van der Waals surface area contributed by atoms with E-state index < -0.39 is 0 Å². The van der Waals surface area contributed by atoms with E-state index in [1.54, 1.807) is 7.11 Å². The smallest absolute Gasteiger partial charge is 0.169 e. The van der Waals surface area contributed by atoms with Gasteiger partial charge in [-0.15, -0.1) is 0 Å². The summed E-state index contributed by atoms with van der Waals surface area (Å²) in [6.45, 7) is 0. The molecule has 4 heteroatoms. The van der Waals surface area contributed by atoms with Crippen LogP contribution in [0, 0.1) is 0 Å². The largest absolute Gasteiger partial charge is 0.493 e. The summed E-state index contributed by atoms with van der Waals surface area (Å²) >= 11 is 0. The molecule has 0 amide bonds. The Bertz CT molecular complexity index is 740. The van der Waals surface area contributed by atoms with Crippen LogP contribution in [0.1, 0.15) is 36.8 Å². The fourth-order valence-electron chi connectivity index (χ4n) is 2.98. The molecule has 0 radical (unpaired) electrons. The second-order valence-electron chi connectivity index (χ2n) is 6.21. The molecule has 0 spiro atoms. The van der Waals surface area contributed by atoms with Crippen molar-refractivity contribution >= 4 is 11.5 Å². The molecule has 24 heavy (non-hydrogen) atoms. The number of carbonyl (C=O) groups excluding carboxylic acids is 1. The molecule has 0 aromatic heterocycles. The molecular formula is C20H23NO3. The van der Waals surface area contributed by atoms with Gasteiger partial charge >= 0.3 is 0 Å². The SMILES string of the molecule is COc1ccc2cc1Oc1ccc(cc1N)CCC(=O)CCCC2. The molecule has 2 aromatic carbocycles. The summed E-state index contributed by atoms with van der Waals surface area (Å²) in [5.74, 6) is 2.27. The van der Waals surface area contributed by atoms with Crippen LogP contribution >= 0.6 is 0 Å². The van der Waals surface area contributed by atoms with Gasteiger partial charge in [0.2, 0.25) is 0 Å². The van der Waals surface area contributed by atoms with Gasteiger partial charge in [-0.25, -0.2) is 0 Å². The molecule has 2 N–H and O–H groups in total. The summed E-state index contributed by atoms with van der Waals surface area (Å²) in [6, 6.07) is 11.7. The summed E-state index contributed by atoms with van der Waals surface area (Å²) in [6.07, 6.45) is 4.76. The minimum Gasteiger partial charge on any atom is -0.493 e. The number of fused-ring (bicyclic) bond motifs is 8. The van der Waals surface area contributed by atoms with Gasteiger partial charge in [0, 0.05) is 12.8 Å². The van der Waals surface area contributed by atoms with Crippen LogP contribution in [0.3, 0.4) is 0 Å². The monoisotopic (exact) mass is 325 g/mol. The minimum atomic E-state index is 0.319. The van der Waals surface area contributed by atoms with Crippen molar-refractivity contribution in [3.05, 3.63) is 47.5 Å². The average molecular weight is 325 g/mol. The Hall–Kier alpha value is -2.49. The molecule has 2 aromatic rings. The highest BCUT2D eigenvalue weighted by atomic mass is 16.5. The maximum absolute atomic E-state index is 12.0. The Labute approximate surface area is 142 Å². The Morgan fingerprint density at radius 1 is 0.917 bits per heavy atom. The molecule has 0 unspecified atom stereocenters. The van der Waals surface area contributed by atoms with Gasteiger partial charge in [-0.3, -0.25) is 4.79 Å². The van der Waals surface area contributed by atoms with Crippen LogP contribution in [0.25, 0.3) is 0 Å². The summed E-state index contributed by atoms with van der Waals surface area (Å²) in [5.41, 5.74) is 8.93. The number of hydrogen-bond acceptors (Lipinski definition) is 4. The van der Waals surface area contributed by atoms with Crippen molar-refractivity contribution in [3.63, 3.8) is 0 Å². The first-order valence-corrected chi connectivity index (χ1v) is 8.40. The van der Waals surface area contributed by atoms with E-state index in [1.807, 2.05) is 36.4 Å². The topological polar surface area (TPSA) is 61.6 Å². The fourth-order valence-corrected chi connectivity index (χ4v) is 2.98. The number of Topliss-reactive ketones (excluding diaryl/α,β-unsaturated/α-hetero) is 1. The van der Waals surface area contributed by atoms with Crippen LogP contribution < -0.4 is 15.2 Å². The summed E-state index contributed by atoms with van der Waals surface area (Å²) in [4.78, 5) is 12.0. The lowest BCUT2D eigenvalue weighted by Crippen LogP contribution is -2.01. The van der Waals surface area contributed by atoms with Crippen molar-refractivity contribution in [2.45, 2.75) is 38.5 Å². The quantitative estimate of drug-likeness (QED) is 0.794. The molecule has 0 fully saturated rings. The highest BCUT2D eigenvalue weighted by Crippen LogP contribution is 2.35. The Morgan fingerprint density at radius 3 is 2.46 bits per heavy atom. The molecule has 126 valence electrons. The lowest BCUT2D eigenvalue weighted by Gasteiger charge is -2.14. The number of hydrogen-bond donors (Lipinski definition) is 1. The second kappa shape index (κ2) is 7.39. The number of benzene rings is 2. The zero-order valence-corrected chi connectivity index (χ0v) is 14.0. The first-order chi connectivity index (χ1) is 11.7. The number of nitrogen functional groups attached to an aromatic ring is 1. The predicted octanol–water partition coefficient (Wildman–Crippen LogP) is 4.30. The zero-order valence-electron chi connectivity index (χ0n) is 14.0. The van der Waals surface area contributed by atoms with Crippen LogP contribution in [0.15, 0.2) is 36.4 Å². The van der Waals surface area contributed by atoms with E-state index >= 15 is 0 Å². The highest BCUT2D eigenvalue weighted by molar-refractivity contribution is 5.78. The van der Waals surface area contributed by atoms with E-state index in [-0.39, 0.29) is 0 Å². The third-order valence-corrected chi connectivity index (χ3v) is 4.39. The van der Waals surface area contributed by atoms with Crippen molar-refractivity contribution in [3.8, 4) is 17.2 Å². The molecular weight excluding hydrogens is 302 g/mol. The molecule has 2 heterocycles. The van der Waals surface area contributed by atoms with E-state index in [4.69, 9.17) is 15.2 Å². The average Bonchev–Trinajstić information content (AvgIpc) is 2.59. The molecule has 2 aliphatic rings. The zero-order chi connectivity index (χ0) is 16.9. The molecule has 2 aliphatic heterocycles. The number of ether oxygens (including phenoxy) is 2. The third kappa shape index (κ3) is 3.88. The number of carbonyl (C=O) groups is 1. The van der Waals surface area contributed by atoms with Crippen molar-refractivity contribution in [1.82, 2.24) is 0 Å². The van der Waals surface area contributed by atoms with Gasteiger partial charge in [0.1, 0.15) is 5.78 Å². The normalized spacial score (nSPS) is 15.3. The van der Waals surface area contributed by atoms with Gasteiger partial charge in [-0.05, 0) is 61.1 Å². The highest BCUT2D eigenvalue weighted by Gasteiger charge is 2.12. The Balaban J connectivity index is 1.96. The summed E-state index contributed by atoms with van der Waals surface area (Å²) in [7, 11) is 1.63. The fraction of sp³-hybridized carbons (Fsp3) is 0.350. The van der Waals surface area contributed by atoms with Crippen molar-refractivity contribution < 1.29 is 14.3 Å². The van der Waals surface area contributed by atoms with E-state index in [9.17, 15) is 4.79 Å². The Kier molecular flexibility index (Phi) is 5.04. The summed E-state index contributed by atoms with van der Waals surface area (Å²) < 4.78 is 11.4. The van der Waals surface area contributed by atoms with E-state index in [2.05, 4.69) is 0 Å². The van der Waals surface area contributed by atoms with Crippen LogP contribution in [0.5, 0.6) is 17.2 Å². The van der Waals surface area contributed by atoms with Crippen LogP contribution in [-0.4, -0.2) is 12.9 Å². The van der Waals surface area contributed by atoms with E-state index in [0.717, 1.165) is 31.2 Å². The van der Waals surface area contributed by atoms with Gasteiger partial charge in [-0.1, -0.05) is 12.1 Å². The lowest BCUT2D eigenvalue weighted by atomic mass is 10.0. The van der Waals surface area contributed by atoms with Crippen molar-refractivity contribution in [2.75, 3.05) is 12.8 Å². The number of nitrogens with two attached hydrogens (primary N) is 1. The molecule has 0 atom stereocenters. The molecule has 0 saturated heterocycles. The standard InChI is InChI=1S/C20H23NO3/c1-23-19-11-8-14-4-2-3-5-16(22)9-6-15-7-10-18(17(21)12-15)24-20(19)13-14/h7-8,10-13H,2-6,9,21H2,1H3. The first kappa shape index (κ1) is 16.4. The third-order valence-electron chi connectivity index (χ3n) is 4.39. The molecule has 4 bridgehead atoms. The van der Waals surface area contributed by atoms with E-state index in [0.29, 0.717) is 41.6 Å². The van der Waals surface area contributed by atoms with Gasteiger partial charge in [-0.2, -0.15) is 0 Å². The number of aryl methyl sites for hydroxylation is 2. The van der Waals surface area contributed by atoms with Crippen LogP contribution in [0.2, 0.25) is 0 Å². The van der Waals surface area contributed by atoms with Crippen molar-refractivity contribution in [1.29, 1.82) is 0 Å². The van der Waals surface area contributed by atoms with Gasteiger partial charge < -0.3 is 15.2 Å². The minimum absolute atomic E-state index is 0.319. The molecule has 4 nitrogen and oxygen atoms in total. The molecule has 0 aliphatic carbocycles.